The molecular weight excluding hydrogens is 396 g/mol. The van der Waals surface area contributed by atoms with Gasteiger partial charge in [0, 0.05) is 6.04 Å². The molecule has 1 atom stereocenters. The second-order valence-electron chi connectivity index (χ2n) is 7.23. The number of para-hydroxylation sites is 2. The molecule has 9 heteroatoms. The number of benzene rings is 2. The van der Waals surface area contributed by atoms with E-state index in [1.165, 1.54) is 23.0 Å². The van der Waals surface area contributed by atoms with Crippen molar-refractivity contribution in [2.45, 2.75) is 26.3 Å². The monoisotopic (exact) mass is 418 g/mol. The number of anilines is 1. The third kappa shape index (κ3) is 3.73. The lowest BCUT2D eigenvalue weighted by atomic mass is 10.2. The Morgan fingerprint density at radius 3 is 2.58 bits per heavy atom. The topological polar surface area (TPSA) is 139 Å². The molecule has 2 aromatic heterocycles. The summed E-state index contributed by atoms with van der Waals surface area (Å²) < 4.78 is 1.35. The molecule has 0 fully saturated rings. The number of aromatic nitrogens is 3. The van der Waals surface area contributed by atoms with E-state index >= 15 is 0 Å². The van der Waals surface area contributed by atoms with Gasteiger partial charge < -0.3 is 21.3 Å². The van der Waals surface area contributed by atoms with Crippen LogP contribution in [0.15, 0.2) is 47.6 Å². The molecule has 0 saturated heterocycles. The summed E-state index contributed by atoms with van der Waals surface area (Å²) in [5.74, 6) is -0.749. The van der Waals surface area contributed by atoms with Crippen molar-refractivity contribution in [2.75, 3.05) is 5.73 Å². The Balaban J connectivity index is 1.90. The molecule has 0 aliphatic heterocycles. The molecule has 2 aromatic carbocycles. The zero-order valence-electron chi connectivity index (χ0n) is 17.1. The fourth-order valence-corrected chi connectivity index (χ4v) is 3.13. The van der Waals surface area contributed by atoms with Crippen LogP contribution < -0.4 is 11.1 Å². The first kappa shape index (κ1) is 20.1. The SMILES string of the molecule is CC[C@@H](C)NC(=O)c1c(N)n(/N=C\c2ccc(O)c(O)c2)c2nc3ccccc3nc12. The number of phenolic OH excluding ortho intramolecular Hbond substituents is 2. The second kappa shape index (κ2) is 7.94. The van der Waals surface area contributed by atoms with Crippen LogP contribution in [0.5, 0.6) is 11.5 Å². The number of nitrogens with one attached hydrogen (secondary N) is 1. The number of carbonyl (C=O) groups excluding carboxylic acids is 1. The van der Waals surface area contributed by atoms with Crippen molar-refractivity contribution in [3.63, 3.8) is 0 Å². The van der Waals surface area contributed by atoms with Crippen molar-refractivity contribution in [1.82, 2.24) is 20.0 Å². The summed E-state index contributed by atoms with van der Waals surface area (Å²) in [5, 5.41) is 26.5. The van der Waals surface area contributed by atoms with E-state index in [4.69, 9.17) is 5.73 Å². The van der Waals surface area contributed by atoms with Gasteiger partial charge in [-0.25, -0.2) is 9.97 Å². The van der Waals surface area contributed by atoms with Crippen LogP contribution in [0.3, 0.4) is 0 Å². The lowest BCUT2D eigenvalue weighted by molar-refractivity contribution is 0.0941. The number of carbonyl (C=O) groups is 1. The molecule has 0 spiro atoms. The van der Waals surface area contributed by atoms with Crippen LogP contribution in [0.4, 0.5) is 5.82 Å². The van der Waals surface area contributed by atoms with Gasteiger partial charge in [0.15, 0.2) is 17.1 Å². The Bertz CT molecular complexity index is 1330. The average molecular weight is 418 g/mol. The van der Waals surface area contributed by atoms with Crippen LogP contribution in [0.25, 0.3) is 22.2 Å². The van der Waals surface area contributed by atoms with Crippen LogP contribution in [0.2, 0.25) is 0 Å². The molecule has 0 radical (unpaired) electrons. The first-order chi connectivity index (χ1) is 14.9. The lowest BCUT2D eigenvalue weighted by Gasteiger charge is -2.11. The molecule has 4 aromatic rings. The second-order valence-corrected chi connectivity index (χ2v) is 7.23. The van der Waals surface area contributed by atoms with Gasteiger partial charge in [-0.3, -0.25) is 4.79 Å². The summed E-state index contributed by atoms with van der Waals surface area (Å²) in [5.41, 5.74) is 9.03. The zero-order chi connectivity index (χ0) is 22.1. The Kier molecular flexibility index (Phi) is 5.16. The van der Waals surface area contributed by atoms with Crippen molar-refractivity contribution >= 4 is 40.1 Å². The van der Waals surface area contributed by atoms with Crippen LogP contribution >= 0.6 is 0 Å². The number of hydrogen-bond donors (Lipinski definition) is 4. The van der Waals surface area contributed by atoms with Crippen LogP contribution in [0, 0.1) is 0 Å². The summed E-state index contributed by atoms with van der Waals surface area (Å²) in [4.78, 5) is 22.2. The molecule has 0 aliphatic rings. The largest absolute Gasteiger partial charge is 0.504 e. The predicted molar refractivity (Wildman–Crippen MR) is 119 cm³/mol. The first-order valence-electron chi connectivity index (χ1n) is 9.83. The predicted octanol–water partition coefficient (Wildman–Crippen LogP) is 2.99. The Labute approximate surface area is 177 Å². The molecule has 4 rings (SSSR count). The Hall–Kier alpha value is -4.14. The Morgan fingerprint density at radius 2 is 1.90 bits per heavy atom. The van der Waals surface area contributed by atoms with E-state index in [0.29, 0.717) is 27.8 Å². The van der Waals surface area contributed by atoms with Gasteiger partial charge in [-0.05, 0) is 49.2 Å². The maximum absolute atomic E-state index is 13.0. The van der Waals surface area contributed by atoms with Gasteiger partial charge in [0.1, 0.15) is 16.9 Å². The molecule has 0 bridgehead atoms. The smallest absolute Gasteiger partial charge is 0.257 e. The number of amides is 1. The van der Waals surface area contributed by atoms with E-state index in [1.54, 1.807) is 6.07 Å². The third-order valence-electron chi connectivity index (χ3n) is 5.01. The van der Waals surface area contributed by atoms with Gasteiger partial charge >= 0.3 is 0 Å². The summed E-state index contributed by atoms with van der Waals surface area (Å²) in [7, 11) is 0. The minimum Gasteiger partial charge on any atom is -0.504 e. The minimum atomic E-state index is -0.349. The summed E-state index contributed by atoms with van der Waals surface area (Å²) in [6.07, 6.45) is 2.21. The number of nitrogen functional groups attached to an aromatic ring is 1. The molecule has 0 unspecified atom stereocenters. The van der Waals surface area contributed by atoms with E-state index in [2.05, 4.69) is 20.4 Å². The lowest BCUT2D eigenvalue weighted by Crippen LogP contribution is -2.32. The van der Waals surface area contributed by atoms with Crippen molar-refractivity contribution in [3.05, 3.63) is 53.6 Å². The highest BCUT2D eigenvalue weighted by Gasteiger charge is 2.24. The average Bonchev–Trinajstić information content (AvgIpc) is 3.03. The summed E-state index contributed by atoms with van der Waals surface area (Å²) >= 11 is 0. The maximum Gasteiger partial charge on any atom is 0.257 e. The van der Waals surface area contributed by atoms with Gasteiger partial charge in [0.2, 0.25) is 0 Å². The summed E-state index contributed by atoms with van der Waals surface area (Å²) in [6, 6.07) is 11.6. The number of fused-ring (bicyclic) bond motifs is 2. The maximum atomic E-state index is 13.0. The number of nitrogens with zero attached hydrogens (tertiary/aromatic N) is 4. The number of phenols is 2. The van der Waals surface area contributed by atoms with E-state index in [0.717, 1.165) is 6.42 Å². The van der Waals surface area contributed by atoms with Gasteiger partial charge in [-0.2, -0.15) is 9.78 Å². The van der Waals surface area contributed by atoms with Gasteiger partial charge in [0.05, 0.1) is 17.2 Å². The molecule has 1 amide bonds. The Morgan fingerprint density at radius 1 is 1.19 bits per heavy atom. The molecular formula is C22H22N6O3. The normalized spacial score (nSPS) is 12.6. The van der Waals surface area contributed by atoms with Gasteiger partial charge in [-0.15, -0.1) is 0 Å². The molecule has 5 N–H and O–H groups in total. The van der Waals surface area contributed by atoms with E-state index in [9.17, 15) is 15.0 Å². The van der Waals surface area contributed by atoms with Crippen molar-refractivity contribution < 1.29 is 15.0 Å². The fourth-order valence-electron chi connectivity index (χ4n) is 3.13. The molecule has 9 nitrogen and oxygen atoms in total. The van der Waals surface area contributed by atoms with Crippen molar-refractivity contribution in [1.29, 1.82) is 0 Å². The van der Waals surface area contributed by atoms with E-state index in [1.807, 2.05) is 38.1 Å². The number of aromatic hydroxyl groups is 2. The number of rotatable bonds is 5. The molecule has 2 heterocycles. The first-order valence-corrected chi connectivity index (χ1v) is 9.83. The minimum absolute atomic E-state index is 0.0396. The van der Waals surface area contributed by atoms with E-state index in [-0.39, 0.29) is 34.8 Å². The van der Waals surface area contributed by atoms with Crippen LogP contribution in [-0.2, 0) is 0 Å². The zero-order valence-corrected chi connectivity index (χ0v) is 17.1. The molecule has 0 saturated carbocycles. The third-order valence-corrected chi connectivity index (χ3v) is 5.01. The summed E-state index contributed by atoms with van der Waals surface area (Å²) in [6.45, 7) is 3.88. The van der Waals surface area contributed by atoms with E-state index < -0.39 is 0 Å². The van der Waals surface area contributed by atoms with Crippen molar-refractivity contribution in [3.8, 4) is 11.5 Å². The number of nitrogens with two attached hydrogens (primary N) is 1. The van der Waals surface area contributed by atoms with Crippen molar-refractivity contribution in [2.24, 2.45) is 5.10 Å². The highest BCUT2D eigenvalue weighted by molar-refractivity contribution is 6.10. The van der Waals surface area contributed by atoms with Crippen LogP contribution in [0.1, 0.15) is 36.2 Å². The van der Waals surface area contributed by atoms with Crippen LogP contribution in [-0.4, -0.2) is 43.0 Å². The molecule has 31 heavy (non-hydrogen) atoms. The number of hydrogen-bond acceptors (Lipinski definition) is 7. The standard InChI is InChI=1S/C22H22N6O3/c1-3-12(2)25-22(31)18-19-21(27-15-7-5-4-6-14(15)26-19)28(20(18)23)24-11-13-8-9-16(29)17(30)10-13/h4-12,29-30H,3,23H2,1-2H3,(H,25,31)/b24-11-/t12-/m1/s1. The molecule has 0 aliphatic carbocycles. The quantitative estimate of drug-likeness (QED) is 0.290. The van der Waals surface area contributed by atoms with Gasteiger partial charge in [-0.1, -0.05) is 19.1 Å². The molecule has 158 valence electrons. The highest BCUT2D eigenvalue weighted by Crippen LogP contribution is 2.28. The highest BCUT2D eigenvalue weighted by atomic mass is 16.3. The van der Waals surface area contributed by atoms with Gasteiger partial charge in [0.25, 0.3) is 5.91 Å². The fraction of sp³-hybridized carbons (Fsp3) is 0.182.